The van der Waals surface area contributed by atoms with E-state index >= 15 is 0 Å². The number of carbonyl (C=O) groups is 1. The number of hydrogen-bond acceptors (Lipinski definition) is 4. The van der Waals surface area contributed by atoms with Gasteiger partial charge in [0.15, 0.2) is 0 Å². The smallest absolute Gasteiger partial charge is 0.310 e. The molecule has 0 N–H and O–H groups in total. The molecule has 0 saturated carbocycles. The molecule has 1 aliphatic heterocycles. The van der Waals surface area contributed by atoms with E-state index in [-0.39, 0.29) is 17.8 Å². The first-order valence-electron chi connectivity index (χ1n) is 7.52. The number of pyridine rings is 1. The highest BCUT2D eigenvalue weighted by molar-refractivity contribution is 5.74. The fourth-order valence-electron chi connectivity index (χ4n) is 3.18. The van der Waals surface area contributed by atoms with E-state index in [4.69, 9.17) is 4.74 Å². The van der Waals surface area contributed by atoms with Crippen LogP contribution in [-0.2, 0) is 16.1 Å². The maximum absolute atomic E-state index is 12.1. The van der Waals surface area contributed by atoms with Gasteiger partial charge in [0.1, 0.15) is 0 Å². The number of benzene rings is 1. The van der Waals surface area contributed by atoms with Crippen molar-refractivity contribution >= 4 is 5.97 Å². The van der Waals surface area contributed by atoms with Crippen LogP contribution in [0.4, 0.5) is 0 Å². The van der Waals surface area contributed by atoms with Gasteiger partial charge in [0.2, 0.25) is 0 Å². The minimum atomic E-state index is -0.135. The summed E-state index contributed by atoms with van der Waals surface area (Å²) in [5, 5.41) is 0. The summed E-state index contributed by atoms with van der Waals surface area (Å²) in [5.41, 5.74) is 2.37. The highest BCUT2D eigenvalue weighted by Crippen LogP contribution is 2.33. The Morgan fingerprint density at radius 2 is 2.05 bits per heavy atom. The zero-order valence-corrected chi connectivity index (χ0v) is 12.7. The van der Waals surface area contributed by atoms with Crippen LogP contribution in [0, 0.1) is 5.92 Å². The highest BCUT2D eigenvalue weighted by Gasteiger charge is 2.39. The van der Waals surface area contributed by atoms with E-state index in [9.17, 15) is 4.79 Å². The first-order chi connectivity index (χ1) is 10.8. The van der Waals surface area contributed by atoms with Crippen LogP contribution in [0.15, 0.2) is 54.9 Å². The molecule has 0 aliphatic carbocycles. The quantitative estimate of drug-likeness (QED) is 0.813. The number of methoxy groups -OCH3 is 1. The number of aromatic nitrogens is 1. The molecule has 2 atom stereocenters. The Bertz CT molecular complexity index is 615. The number of carbonyl (C=O) groups excluding carboxylic acids is 1. The number of ether oxygens (including phenoxy) is 1. The fraction of sp³-hybridized carbons (Fsp3) is 0.333. The van der Waals surface area contributed by atoms with Crippen LogP contribution in [-0.4, -0.2) is 36.1 Å². The lowest BCUT2D eigenvalue weighted by Crippen LogP contribution is -2.24. The van der Waals surface area contributed by atoms with Crippen molar-refractivity contribution in [2.45, 2.75) is 12.5 Å². The van der Waals surface area contributed by atoms with E-state index in [1.807, 2.05) is 36.5 Å². The standard InChI is InChI=1S/C18H20N2O2/c1-22-18(21)17-13-20(11-14-6-3-2-4-7-14)12-16(17)15-8-5-9-19-10-15/h2-10,16-17H,11-13H2,1H3/t16-,17+/m0/s1. The summed E-state index contributed by atoms with van der Waals surface area (Å²) in [4.78, 5) is 18.6. The first kappa shape index (κ1) is 14.7. The largest absolute Gasteiger partial charge is 0.469 e. The Hall–Kier alpha value is -2.20. The number of hydrogen-bond donors (Lipinski definition) is 0. The van der Waals surface area contributed by atoms with Gasteiger partial charge in [-0.25, -0.2) is 0 Å². The van der Waals surface area contributed by atoms with E-state index in [2.05, 4.69) is 22.0 Å². The van der Waals surface area contributed by atoms with E-state index in [0.29, 0.717) is 0 Å². The van der Waals surface area contributed by atoms with Crippen molar-refractivity contribution in [1.82, 2.24) is 9.88 Å². The SMILES string of the molecule is COC(=O)[C@@H]1CN(Cc2ccccc2)C[C@H]1c1cccnc1. The fourth-order valence-corrected chi connectivity index (χ4v) is 3.18. The number of likely N-dealkylation sites (tertiary alicyclic amines) is 1. The van der Waals surface area contributed by atoms with E-state index in [1.165, 1.54) is 12.7 Å². The molecular weight excluding hydrogens is 276 g/mol. The second-order valence-electron chi connectivity index (χ2n) is 5.70. The average Bonchev–Trinajstić information content (AvgIpc) is 3.00. The molecule has 1 saturated heterocycles. The van der Waals surface area contributed by atoms with E-state index in [0.717, 1.165) is 25.2 Å². The molecule has 2 heterocycles. The molecule has 0 radical (unpaired) electrons. The Labute approximate surface area is 130 Å². The third kappa shape index (κ3) is 3.17. The van der Waals surface area contributed by atoms with Gasteiger partial charge >= 0.3 is 5.97 Å². The molecule has 4 nitrogen and oxygen atoms in total. The molecule has 2 aromatic rings. The minimum absolute atomic E-state index is 0.127. The van der Waals surface area contributed by atoms with Crippen LogP contribution in [0.2, 0.25) is 0 Å². The van der Waals surface area contributed by atoms with Gasteiger partial charge in [0.25, 0.3) is 0 Å². The van der Waals surface area contributed by atoms with E-state index < -0.39 is 0 Å². The number of nitrogens with zero attached hydrogens (tertiary/aromatic N) is 2. The van der Waals surface area contributed by atoms with Crippen LogP contribution in [0.25, 0.3) is 0 Å². The molecule has 1 aliphatic rings. The van der Waals surface area contributed by atoms with Crippen molar-refractivity contribution in [2.75, 3.05) is 20.2 Å². The lowest BCUT2D eigenvalue weighted by molar-refractivity contribution is -0.145. The monoisotopic (exact) mass is 296 g/mol. The molecule has 0 amide bonds. The summed E-state index contributed by atoms with van der Waals surface area (Å²) in [6.07, 6.45) is 3.61. The third-order valence-corrected chi connectivity index (χ3v) is 4.26. The Morgan fingerprint density at radius 3 is 2.73 bits per heavy atom. The van der Waals surface area contributed by atoms with Gasteiger partial charge in [-0.15, -0.1) is 0 Å². The topological polar surface area (TPSA) is 42.4 Å². The van der Waals surface area contributed by atoms with Gasteiger partial charge in [-0.2, -0.15) is 0 Å². The number of rotatable bonds is 4. The lowest BCUT2D eigenvalue weighted by Gasteiger charge is -2.16. The van der Waals surface area contributed by atoms with Crippen molar-refractivity contribution < 1.29 is 9.53 Å². The summed E-state index contributed by atoms with van der Waals surface area (Å²) in [7, 11) is 1.46. The van der Waals surface area contributed by atoms with E-state index in [1.54, 1.807) is 6.20 Å². The Kier molecular flexibility index (Phi) is 4.49. The summed E-state index contributed by atoms with van der Waals surface area (Å²) < 4.78 is 5.00. The van der Waals surface area contributed by atoms with Gasteiger partial charge in [-0.3, -0.25) is 14.7 Å². The molecule has 0 bridgehead atoms. The highest BCUT2D eigenvalue weighted by atomic mass is 16.5. The van der Waals surface area contributed by atoms with Crippen LogP contribution in [0.1, 0.15) is 17.0 Å². The molecule has 3 rings (SSSR count). The van der Waals surface area contributed by atoms with Crippen molar-refractivity contribution in [2.24, 2.45) is 5.92 Å². The van der Waals surface area contributed by atoms with Crippen LogP contribution in [0.5, 0.6) is 0 Å². The average molecular weight is 296 g/mol. The molecule has 22 heavy (non-hydrogen) atoms. The van der Waals surface area contributed by atoms with Crippen molar-refractivity contribution in [1.29, 1.82) is 0 Å². The minimum Gasteiger partial charge on any atom is -0.469 e. The van der Waals surface area contributed by atoms with Crippen molar-refractivity contribution in [3.05, 3.63) is 66.0 Å². The molecule has 1 aromatic heterocycles. The van der Waals surface area contributed by atoms with Crippen LogP contribution >= 0.6 is 0 Å². The molecule has 114 valence electrons. The van der Waals surface area contributed by atoms with Gasteiger partial charge in [0.05, 0.1) is 13.0 Å². The predicted octanol–water partition coefficient (Wildman–Crippen LogP) is 2.47. The molecule has 0 spiro atoms. The zero-order chi connectivity index (χ0) is 15.4. The summed E-state index contributed by atoms with van der Waals surface area (Å²) in [6, 6.07) is 14.3. The Morgan fingerprint density at radius 1 is 1.23 bits per heavy atom. The summed E-state index contributed by atoms with van der Waals surface area (Å²) in [6.45, 7) is 2.42. The molecule has 4 heteroatoms. The predicted molar refractivity (Wildman–Crippen MR) is 84.2 cm³/mol. The molecule has 0 unspecified atom stereocenters. The second kappa shape index (κ2) is 6.71. The third-order valence-electron chi connectivity index (χ3n) is 4.26. The second-order valence-corrected chi connectivity index (χ2v) is 5.70. The maximum Gasteiger partial charge on any atom is 0.310 e. The summed E-state index contributed by atoms with van der Waals surface area (Å²) >= 11 is 0. The molecule has 1 fully saturated rings. The van der Waals surface area contributed by atoms with Crippen LogP contribution in [0.3, 0.4) is 0 Å². The zero-order valence-electron chi connectivity index (χ0n) is 12.7. The van der Waals surface area contributed by atoms with Crippen molar-refractivity contribution in [3.8, 4) is 0 Å². The van der Waals surface area contributed by atoms with Crippen LogP contribution < -0.4 is 0 Å². The maximum atomic E-state index is 12.1. The normalized spacial score (nSPS) is 21.7. The molecular formula is C18H20N2O2. The lowest BCUT2D eigenvalue weighted by atomic mass is 9.90. The number of esters is 1. The Balaban J connectivity index is 1.78. The molecule has 1 aromatic carbocycles. The van der Waals surface area contributed by atoms with Gasteiger partial charge in [-0.05, 0) is 17.2 Å². The summed E-state index contributed by atoms with van der Waals surface area (Å²) in [5.74, 6) is -0.118. The van der Waals surface area contributed by atoms with Crippen molar-refractivity contribution in [3.63, 3.8) is 0 Å². The van der Waals surface area contributed by atoms with Gasteiger partial charge in [-0.1, -0.05) is 36.4 Å². The first-order valence-corrected chi connectivity index (χ1v) is 7.52. The van der Waals surface area contributed by atoms with Gasteiger partial charge in [0, 0.05) is 37.9 Å². The van der Waals surface area contributed by atoms with Gasteiger partial charge < -0.3 is 4.74 Å².